The van der Waals surface area contributed by atoms with Crippen LogP contribution in [0.2, 0.25) is 0 Å². The van der Waals surface area contributed by atoms with Crippen molar-refractivity contribution in [2.75, 3.05) is 11.9 Å². The van der Waals surface area contributed by atoms with Gasteiger partial charge in [0.25, 0.3) is 5.91 Å². The molecule has 0 aliphatic rings. The van der Waals surface area contributed by atoms with Crippen molar-refractivity contribution in [3.63, 3.8) is 0 Å². The standard InChI is InChI=1S/C21H20N4O2S/c26-20(9-4-14-22-21(27)19-8-5-15-28-19)23-16-10-12-18(13-11-16)25-24-17-6-2-1-3-7-17/h1-3,5-8,10-13,15H,4,9,14H2,(H,22,27)(H,23,26). The van der Waals surface area contributed by atoms with Crippen LogP contribution in [0.25, 0.3) is 0 Å². The van der Waals surface area contributed by atoms with Crippen LogP contribution in [0, 0.1) is 0 Å². The zero-order chi connectivity index (χ0) is 19.6. The number of carbonyl (C=O) groups is 2. The summed E-state index contributed by atoms with van der Waals surface area (Å²) >= 11 is 1.39. The van der Waals surface area contributed by atoms with Gasteiger partial charge in [0.15, 0.2) is 0 Å². The number of anilines is 1. The van der Waals surface area contributed by atoms with Gasteiger partial charge in [-0.1, -0.05) is 24.3 Å². The lowest BCUT2D eigenvalue weighted by Gasteiger charge is -2.06. The molecule has 3 aromatic rings. The Morgan fingerprint density at radius 3 is 2.25 bits per heavy atom. The van der Waals surface area contributed by atoms with Gasteiger partial charge in [-0.3, -0.25) is 9.59 Å². The molecule has 1 aromatic heterocycles. The van der Waals surface area contributed by atoms with Crippen molar-refractivity contribution in [1.82, 2.24) is 5.32 Å². The van der Waals surface area contributed by atoms with Crippen LogP contribution in [0.15, 0.2) is 82.3 Å². The highest BCUT2D eigenvalue weighted by Crippen LogP contribution is 2.20. The van der Waals surface area contributed by atoms with E-state index < -0.39 is 0 Å². The molecule has 1 heterocycles. The number of azo groups is 1. The van der Waals surface area contributed by atoms with Crippen LogP contribution < -0.4 is 10.6 Å². The highest BCUT2D eigenvalue weighted by atomic mass is 32.1. The summed E-state index contributed by atoms with van der Waals surface area (Å²) in [6.07, 6.45) is 0.909. The van der Waals surface area contributed by atoms with Crippen molar-refractivity contribution >= 4 is 40.2 Å². The summed E-state index contributed by atoms with van der Waals surface area (Å²) in [4.78, 5) is 24.5. The average Bonchev–Trinajstić information content (AvgIpc) is 3.26. The Labute approximate surface area is 167 Å². The predicted molar refractivity (Wildman–Crippen MR) is 112 cm³/mol. The fourth-order valence-electron chi connectivity index (χ4n) is 2.39. The van der Waals surface area contributed by atoms with Crippen LogP contribution in [0.5, 0.6) is 0 Å². The average molecular weight is 392 g/mol. The van der Waals surface area contributed by atoms with E-state index in [4.69, 9.17) is 0 Å². The maximum Gasteiger partial charge on any atom is 0.261 e. The van der Waals surface area contributed by atoms with Crippen LogP contribution in [-0.4, -0.2) is 18.4 Å². The van der Waals surface area contributed by atoms with E-state index in [1.807, 2.05) is 41.8 Å². The minimum Gasteiger partial charge on any atom is -0.351 e. The molecule has 2 amide bonds. The lowest BCUT2D eigenvalue weighted by molar-refractivity contribution is -0.116. The molecule has 0 aliphatic heterocycles. The number of nitrogens with one attached hydrogen (secondary N) is 2. The number of benzene rings is 2. The molecule has 0 fully saturated rings. The highest BCUT2D eigenvalue weighted by molar-refractivity contribution is 7.12. The number of hydrogen-bond acceptors (Lipinski definition) is 5. The lowest BCUT2D eigenvalue weighted by Crippen LogP contribution is -2.24. The van der Waals surface area contributed by atoms with Crippen molar-refractivity contribution in [1.29, 1.82) is 0 Å². The molecule has 2 aromatic carbocycles. The lowest BCUT2D eigenvalue weighted by atomic mass is 10.2. The molecule has 142 valence electrons. The molecular formula is C21H20N4O2S. The van der Waals surface area contributed by atoms with Crippen LogP contribution >= 0.6 is 11.3 Å². The molecule has 6 nitrogen and oxygen atoms in total. The Morgan fingerprint density at radius 1 is 0.857 bits per heavy atom. The molecule has 28 heavy (non-hydrogen) atoms. The summed E-state index contributed by atoms with van der Waals surface area (Å²) in [5.41, 5.74) is 2.19. The first kappa shape index (κ1) is 19.4. The number of carbonyl (C=O) groups excluding carboxylic acids is 2. The second kappa shape index (κ2) is 10.1. The van der Waals surface area contributed by atoms with Crippen LogP contribution in [0.1, 0.15) is 22.5 Å². The molecule has 0 bridgehead atoms. The minimum atomic E-state index is -0.101. The van der Waals surface area contributed by atoms with E-state index >= 15 is 0 Å². The van der Waals surface area contributed by atoms with Gasteiger partial charge in [-0.25, -0.2) is 0 Å². The van der Waals surface area contributed by atoms with Gasteiger partial charge in [0.05, 0.1) is 16.3 Å². The highest BCUT2D eigenvalue weighted by Gasteiger charge is 2.06. The molecule has 7 heteroatoms. The number of thiophene rings is 1. The number of amides is 2. The van der Waals surface area contributed by atoms with Gasteiger partial charge < -0.3 is 10.6 Å². The van der Waals surface area contributed by atoms with Crippen molar-refractivity contribution < 1.29 is 9.59 Å². The second-order valence-electron chi connectivity index (χ2n) is 5.97. The van der Waals surface area contributed by atoms with Gasteiger partial charge in [-0.05, 0) is 54.3 Å². The fraction of sp³-hybridized carbons (Fsp3) is 0.143. The summed E-state index contributed by atoms with van der Waals surface area (Å²) in [5, 5.41) is 15.8. The van der Waals surface area contributed by atoms with E-state index in [1.54, 1.807) is 30.3 Å². The topological polar surface area (TPSA) is 82.9 Å². The van der Waals surface area contributed by atoms with E-state index in [2.05, 4.69) is 20.9 Å². The normalized spacial score (nSPS) is 10.7. The van der Waals surface area contributed by atoms with Crippen LogP contribution in [-0.2, 0) is 4.79 Å². The third-order valence-electron chi connectivity index (χ3n) is 3.80. The molecule has 2 N–H and O–H groups in total. The van der Waals surface area contributed by atoms with Crippen LogP contribution in [0.4, 0.5) is 17.1 Å². The van der Waals surface area contributed by atoms with Gasteiger partial charge in [0, 0.05) is 18.7 Å². The smallest absolute Gasteiger partial charge is 0.261 e. The van der Waals surface area contributed by atoms with Gasteiger partial charge in [0.2, 0.25) is 5.91 Å². The maximum atomic E-state index is 12.0. The number of hydrogen-bond donors (Lipinski definition) is 2. The van der Waals surface area contributed by atoms with Gasteiger partial charge in [-0.2, -0.15) is 10.2 Å². The maximum absolute atomic E-state index is 12.0. The molecule has 0 saturated heterocycles. The quantitative estimate of drug-likeness (QED) is 0.402. The Kier molecular flexibility index (Phi) is 7.03. The van der Waals surface area contributed by atoms with Crippen molar-refractivity contribution in [3.8, 4) is 0 Å². The predicted octanol–water partition coefficient (Wildman–Crippen LogP) is 5.31. The molecule has 0 unspecified atom stereocenters. The molecule has 0 radical (unpaired) electrons. The van der Waals surface area contributed by atoms with Gasteiger partial charge in [0.1, 0.15) is 0 Å². The SMILES string of the molecule is O=C(CCCNC(=O)c1cccs1)Nc1ccc(N=Nc2ccccc2)cc1. The molecule has 0 saturated carbocycles. The van der Waals surface area contributed by atoms with E-state index in [0.29, 0.717) is 35.6 Å². The summed E-state index contributed by atoms with van der Waals surface area (Å²) in [7, 11) is 0. The Bertz CT molecular complexity index is 923. The van der Waals surface area contributed by atoms with Gasteiger partial charge >= 0.3 is 0 Å². The number of rotatable bonds is 8. The third kappa shape index (κ3) is 6.14. The first-order valence-corrected chi connectivity index (χ1v) is 9.77. The van der Waals surface area contributed by atoms with Gasteiger partial charge in [-0.15, -0.1) is 11.3 Å². The Morgan fingerprint density at radius 2 is 1.57 bits per heavy atom. The monoisotopic (exact) mass is 392 g/mol. The first-order chi connectivity index (χ1) is 13.7. The molecule has 3 rings (SSSR count). The van der Waals surface area contributed by atoms with E-state index in [1.165, 1.54) is 11.3 Å². The van der Waals surface area contributed by atoms with E-state index in [0.717, 1.165) is 5.69 Å². The summed E-state index contributed by atoms with van der Waals surface area (Å²) < 4.78 is 0. The molecular weight excluding hydrogens is 372 g/mol. The van der Waals surface area contributed by atoms with Crippen molar-refractivity contribution in [2.24, 2.45) is 10.2 Å². The van der Waals surface area contributed by atoms with Crippen molar-refractivity contribution in [3.05, 3.63) is 77.0 Å². The third-order valence-corrected chi connectivity index (χ3v) is 4.67. The number of nitrogens with zero attached hydrogens (tertiary/aromatic N) is 2. The van der Waals surface area contributed by atoms with E-state index in [-0.39, 0.29) is 11.8 Å². The van der Waals surface area contributed by atoms with Crippen LogP contribution in [0.3, 0.4) is 0 Å². The van der Waals surface area contributed by atoms with E-state index in [9.17, 15) is 9.59 Å². The zero-order valence-corrected chi connectivity index (χ0v) is 16.0. The zero-order valence-electron chi connectivity index (χ0n) is 15.2. The summed E-state index contributed by atoms with van der Waals surface area (Å²) in [5.74, 6) is -0.195. The molecule has 0 spiro atoms. The second-order valence-corrected chi connectivity index (χ2v) is 6.92. The summed E-state index contributed by atoms with van der Waals surface area (Å²) in [6.45, 7) is 0.461. The Hall–Kier alpha value is -3.32. The first-order valence-electron chi connectivity index (χ1n) is 8.89. The van der Waals surface area contributed by atoms with Crippen molar-refractivity contribution in [2.45, 2.75) is 12.8 Å². The largest absolute Gasteiger partial charge is 0.351 e. The molecule has 0 atom stereocenters. The Balaban J connectivity index is 1.39. The minimum absolute atomic E-state index is 0.0935. The molecule has 0 aliphatic carbocycles. The fourth-order valence-corrected chi connectivity index (χ4v) is 3.03. The summed E-state index contributed by atoms with van der Waals surface area (Å²) in [6, 6.07) is 20.3.